The predicted molar refractivity (Wildman–Crippen MR) is 117 cm³/mol. The highest BCUT2D eigenvalue weighted by Crippen LogP contribution is 2.35. The third-order valence-electron chi connectivity index (χ3n) is 3.95. The van der Waals surface area contributed by atoms with Gasteiger partial charge in [-0.1, -0.05) is 29.8 Å². The van der Waals surface area contributed by atoms with Gasteiger partial charge in [-0.3, -0.25) is 10.1 Å². The molecule has 0 radical (unpaired) electrons. The molecule has 0 fully saturated rings. The van der Waals surface area contributed by atoms with Crippen molar-refractivity contribution >= 4 is 40.8 Å². The molecular formula is C20H16ClN7O3. The molecule has 31 heavy (non-hydrogen) atoms. The molecule has 0 amide bonds. The second-order valence-electron chi connectivity index (χ2n) is 6.40. The van der Waals surface area contributed by atoms with E-state index < -0.39 is 4.92 Å². The molecule has 0 unspecified atom stereocenters. The number of aromatic nitrogens is 3. The number of rotatable bonds is 6. The number of nitriles is 1. The minimum atomic E-state index is -0.583. The molecule has 0 atom stereocenters. The van der Waals surface area contributed by atoms with Gasteiger partial charge in [-0.2, -0.15) is 20.2 Å². The number of hydrogen-bond acceptors (Lipinski definition) is 9. The third kappa shape index (κ3) is 5.04. The lowest BCUT2D eigenvalue weighted by atomic mass is 10.1. The lowest BCUT2D eigenvalue weighted by molar-refractivity contribution is -0.385. The topological polar surface area (TPSA) is 144 Å². The van der Waals surface area contributed by atoms with Crippen molar-refractivity contribution in [3.63, 3.8) is 0 Å². The first-order valence-electron chi connectivity index (χ1n) is 8.80. The Hall–Kier alpha value is -4.23. The van der Waals surface area contributed by atoms with Crippen LogP contribution in [-0.4, -0.2) is 34.0 Å². The van der Waals surface area contributed by atoms with Crippen LogP contribution in [0.2, 0.25) is 5.02 Å². The van der Waals surface area contributed by atoms with Gasteiger partial charge in [0.15, 0.2) is 5.82 Å². The molecule has 0 aliphatic carbocycles. The fourth-order valence-electron chi connectivity index (χ4n) is 2.51. The SMILES string of the molecule is CN(C)c1nc(N)nc(/C(C#N)=C/c2ccc(Oc3ccccc3Cl)c([N+](=O)[O-])c2)n1. The van der Waals surface area contributed by atoms with Gasteiger partial charge in [0, 0.05) is 20.2 Å². The number of halogens is 1. The van der Waals surface area contributed by atoms with Crippen molar-refractivity contribution in [1.29, 1.82) is 5.26 Å². The summed E-state index contributed by atoms with van der Waals surface area (Å²) in [5.41, 5.74) is 5.85. The summed E-state index contributed by atoms with van der Waals surface area (Å²) in [4.78, 5) is 24.8. The zero-order chi connectivity index (χ0) is 22.5. The molecule has 2 N–H and O–H groups in total. The van der Waals surface area contributed by atoms with Crippen LogP contribution < -0.4 is 15.4 Å². The minimum Gasteiger partial charge on any atom is -0.449 e. The molecule has 0 bridgehead atoms. The van der Waals surface area contributed by atoms with E-state index in [1.807, 2.05) is 6.07 Å². The van der Waals surface area contributed by atoms with E-state index >= 15 is 0 Å². The zero-order valence-corrected chi connectivity index (χ0v) is 17.2. The van der Waals surface area contributed by atoms with Crippen LogP contribution in [0.1, 0.15) is 11.4 Å². The number of benzene rings is 2. The molecule has 0 saturated heterocycles. The Labute approximate surface area is 182 Å². The Balaban J connectivity index is 2.02. The number of hydrogen-bond donors (Lipinski definition) is 1. The Morgan fingerprint density at radius 2 is 1.97 bits per heavy atom. The molecule has 0 aliphatic heterocycles. The van der Waals surface area contributed by atoms with E-state index in [9.17, 15) is 15.4 Å². The summed E-state index contributed by atoms with van der Waals surface area (Å²) < 4.78 is 5.62. The van der Waals surface area contributed by atoms with Crippen LogP contribution in [0.25, 0.3) is 11.6 Å². The van der Waals surface area contributed by atoms with E-state index in [2.05, 4.69) is 15.0 Å². The number of nitro groups is 1. The van der Waals surface area contributed by atoms with Crippen molar-refractivity contribution in [3.05, 3.63) is 69.0 Å². The molecule has 2 aromatic carbocycles. The molecule has 0 saturated carbocycles. The molecule has 1 heterocycles. The fourth-order valence-corrected chi connectivity index (χ4v) is 2.69. The number of anilines is 2. The van der Waals surface area contributed by atoms with Crippen LogP contribution in [0.5, 0.6) is 11.5 Å². The minimum absolute atomic E-state index is 0.00746. The van der Waals surface area contributed by atoms with Crippen molar-refractivity contribution in [2.24, 2.45) is 0 Å². The number of para-hydroxylation sites is 1. The molecule has 3 aromatic rings. The number of nitrogen functional groups attached to an aromatic ring is 1. The van der Waals surface area contributed by atoms with Gasteiger partial charge < -0.3 is 15.4 Å². The molecule has 10 nitrogen and oxygen atoms in total. The first-order chi connectivity index (χ1) is 14.8. The normalized spacial score (nSPS) is 11.0. The standard InChI is InChI=1S/C20H16ClN7O3/c1-27(2)20-25-18(24-19(23)26-20)13(11-22)9-12-7-8-17(15(10-12)28(29)30)31-16-6-4-3-5-14(16)21/h3-10H,1-2H3,(H2,23,24,25,26)/b13-9+. The van der Waals surface area contributed by atoms with Crippen LogP contribution in [-0.2, 0) is 0 Å². The second-order valence-corrected chi connectivity index (χ2v) is 6.81. The third-order valence-corrected chi connectivity index (χ3v) is 4.26. The Morgan fingerprint density at radius 1 is 1.23 bits per heavy atom. The molecule has 3 rings (SSSR count). The number of allylic oxidation sites excluding steroid dienone is 1. The van der Waals surface area contributed by atoms with Crippen LogP contribution in [0.15, 0.2) is 42.5 Å². The van der Waals surface area contributed by atoms with E-state index in [4.69, 9.17) is 22.1 Å². The number of nitrogens with two attached hydrogens (primary N) is 1. The summed E-state index contributed by atoms with van der Waals surface area (Å²) in [5, 5.41) is 21.5. The quantitative estimate of drug-likeness (QED) is 0.344. The van der Waals surface area contributed by atoms with E-state index in [0.717, 1.165) is 0 Å². The molecule has 1 aromatic heterocycles. The highest BCUT2D eigenvalue weighted by molar-refractivity contribution is 6.32. The van der Waals surface area contributed by atoms with E-state index in [0.29, 0.717) is 10.6 Å². The predicted octanol–water partition coefficient (Wildman–Crippen LogP) is 3.94. The Kier molecular flexibility index (Phi) is 6.28. The van der Waals surface area contributed by atoms with Gasteiger partial charge in [0.1, 0.15) is 11.8 Å². The Morgan fingerprint density at radius 3 is 2.61 bits per heavy atom. The first kappa shape index (κ1) is 21.5. The number of nitro benzene ring substituents is 1. The summed E-state index contributed by atoms with van der Waals surface area (Å²) in [6.07, 6.45) is 1.42. The van der Waals surface area contributed by atoms with E-state index in [-0.39, 0.29) is 40.5 Å². The Bertz CT molecular complexity index is 1220. The zero-order valence-electron chi connectivity index (χ0n) is 16.5. The molecule has 0 aliphatic rings. The smallest absolute Gasteiger partial charge is 0.312 e. The van der Waals surface area contributed by atoms with Crippen molar-refractivity contribution in [2.45, 2.75) is 0 Å². The van der Waals surface area contributed by atoms with Crippen LogP contribution in [0.3, 0.4) is 0 Å². The number of ether oxygens (including phenoxy) is 1. The summed E-state index contributed by atoms with van der Waals surface area (Å²) in [6, 6.07) is 12.9. The van der Waals surface area contributed by atoms with Gasteiger partial charge in [-0.05, 0) is 29.8 Å². The number of nitrogens with zero attached hydrogens (tertiary/aromatic N) is 6. The lowest BCUT2D eigenvalue weighted by Crippen LogP contribution is -2.15. The second kappa shape index (κ2) is 9.06. The molecule has 11 heteroatoms. The molecule has 156 valence electrons. The van der Waals surface area contributed by atoms with Crippen LogP contribution in [0.4, 0.5) is 17.6 Å². The van der Waals surface area contributed by atoms with Crippen molar-refractivity contribution in [1.82, 2.24) is 15.0 Å². The van der Waals surface area contributed by atoms with Gasteiger partial charge in [-0.25, -0.2) is 0 Å². The molecule has 0 spiro atoms. The van der Waals surface area contributed by atoms with Gasteiger partial charge in [0.05, 0.1) is 15.5 Å². The monoisotopic (exact) mass is 437 g/mol. The van der Waals surface area contributed by atoms with Crippen molar-refractivity contribution in [3.8, 4) is 17.6 Å². The first-order valence-corrected chi connectivity index (χ1v) is 9.18. The van der Waals surface area contributed by atoms with Crippen molar-refractivity contribution < 1.29 is 9.66 Å². The average molecular weight is 438 g/mol. The van der Waals surface area contributed by atoms with Crippen LogP contribution in [0, 0.1) is 21.4 Å². The highest BCUT2D eigenvalue weighted by atomic mass is 35.5. The van der Waals surface area contributed by atoms with Crippen molar-refractivity contribution in [2.75, 3.05) is 24.7 Å². The van der Waals surface area contributed by atoms with E-state index in [1.54, 1.807) is 49.3 Å². The average Bonchev–Trinajstić information content (AvgIpc) is 2.73. The van der Waals surface area contributed by atoms with E-state index in [1.165, 1.54) is 18.2 Å². The fraction of sp³-hybridized carbons (Fsp3) is 0.100. The summed E-state index contributed by atoms with van der Waals surface area (Å²) in [6.45, 7) is 0. The maximum absolute atomic E-state index is 11.6. The van der Waals surface area contributed by atoms with Crippen LogP contribution >= 0.6 is 11.6 Å². The lowest BCUT2D eigenvalue weighted by Gasteiger charge is -2.11. The maximum Gasteiger partial charge on any atom is 0.312 e. The largest absolute Gasteiger partial charge is 0.449 e. The van der Waals surface area contributed by atoms with Gasteiger partial charge >= 0.3 is 5.69 Å². The van der Waals surface area contributed by atoms with Gasteiger partial charge in [0.2, 0.25) is 17.6 Å². The maximum atomic E-state index is 11.6. The summed E-state index contributed by atoms with van der Waals surface area (Å²) in [7, 11) is 3.44. The van der Waals surface area contributed by atoms with Gasteiger partial charge in [0.25, 0.3) is 0 Å². The summed E-state index contributed by atoms with van der Waals surface area (Å²) >= 11 is 6.07. The highest BCUT2D eigenvalue weighted by Gasteiger charge is 2.18. The molecular weight excluding hydrogens is 422 g/mol. The summed E-state index contributed by atoms with van der Waals surface area (Å²) in [5.74, 6) is 0.568. The van der Waals surface area contributed by atoms with Gasteiger partial charge in [-0.15, -0.1) is 0 Å².